The van der Waals surface area contributed by atoms with Gasteiger partial charge in [0.25, 0.3) is 5.91 Å². The molecule has 0 radical (unpaired) electrons. The van der Waals surface area contributed by atoms with Gasteiger partial charge in [0.1, 0.15) is 6.04 Å². The molecule has 4 heteroatoms. The summed E-state index contributed by atoms with van der Waals surface area (Å²) in [6.45, 7) is 10.5. The molecule has 1 aromatic carbocycles. The number of benzene rings is 1. The maximum Gasteiger partial charge on any atom is 0.254 e. The molecule has 0 aliphatic carbocycles. The summed E-state index contributed by atoms with van der Waals surface area (Å²) in [5, 5.41) is 2.80. The normalized spacial score (nSPS) is 17.3. The quantitative estimate of drug-likeness (QED) is 0.926. The number of carbonyl (C=O) groups excluding carboxylic acids is 2. The number of hydrogen-bond donors (Lipinski definition) is 1. The summed E-state index contributed by atoms with van der Waals surface area (Å²) < 4.78 is 0. The van der Waals surface area contributed by atoms with Gasteiger partial charge in [0, 0.05) is 19.0 Å². The highest BCUT2D eigenvalue weighted by molar-refractivity contribution is 6.07. The molecule has 0 spiro atoms. The van der Waals surface area contributed by atoms with Gasteiger partial charge in [-0.3, -0.25) is 9.59 Å². The molecule has 1 heterocycles. The van der Waals surface area contributed by atoms with Crippen molar-refractivity contribution in [3.63, 3.8) is 0 Å². The number of hydrogen-bond acceptors (Lipinski definition) is 2. The van der Waals surface area contributed by atoms with Crippen LogP contribution < -0.4 is 10.2 Å². The van der Waals surface area contributed by atoms with Gasteiger partial charge in [-0.1, -0.05) is 26.0 Å². The van der Waals surface area contributed by atoms with Gasteiger partial charge in [0.05, 0.1) is 5.69 Å². The Bertz CT molecular complexity index is 578. The van der Waals surface area contributed by atoms with Crippen molar-refractivity contribution in [1.29, 1.82) is 0 Å². The van der Waals surface area contributed by atoms with Crippen LogP contribution in [0, 0.1) is 19.8 Å². The molecule has 4 nitrogen and oxygen atoms in total. The highest BCUT2D eigenvalue weighted by Gasteiger charge is 2.39. The van der Waals surface area contributed by atoms with E-state index in [1.54, 1.807) is 0 Å². The van der Waals surface area contributed by atoms with Crippen LogP contribution in [0.25, 0.3) is 0 Å². The molecule has 21 heavy (non-hydrogen) atoms. The van der Waals surface area contributed by atoms with Crippen molar-refractivity contribution < 1.29 is 9.59 Å². The lowest BCUT2D eigenvalue weighted by molar-refractivity contribution is -0.126. The van der Waals surface area contributed by atoms with Crippen LogP contribution in [0.3, 0.4) is 0 Å². The third kappa shape index (κ3) is 2.94. The Morgan fingerprint density at radius 3 is 2.48 bits per heavy atom. The minimum atomic E-state index is -0.537. The SMILES string of the molecule is CC(=O)N[C@H]1C(=O)N(CCC(C)C)c2c(C)ccc(C)c21. The zero-order chi connectivity index (χ0) is 15.7. The van der Waals surface area contributed by atoms with Crippen LogP contribution in [0.15, 0.2) is 12.1 Å². The molecule has 0 aromatic heterocycles. The van der Waals surface area contributed by atoms with Gasteiger partial charge in [-0.15, -0.1) is 0 Å². The topological polar surface area (TPSA) is 49.4 Å². The van der Waals surface area contributed by atoms with Crippen molar-refractivity contribution in [3.8, 4) is 0 Å². The number of aryl methyl sites for hydroxylation is 2. The molecule has 0 saturated carbocycles. The molecule has 0 fully saturated rings. The van der Waals surface area contributed by atoms with E-state index in [1.807, 2.05) is 30.9 Å². The molecule has 1 aliphatic rings. The molecular formula is C17H24N2O2. The molecule has 0 bridgehead atoms. The maximum atomic E-state index is 12.7. The Morgan fingerprint density at radius 2 is 1.90 bits per heavy atom. The molecule has 1 atom stereocenters. The van der Waals surface area contributed by atoms with E-state index in [0.29, 0.717) is 12.5 Å². The lowest BCUT2D eigenvalue weighted by Crippen LogP contribution is -2.37. The van der Waals surface area contributed by atoms with E-state index in [4.69, 9.17) is 0 Å². The van der Waals surface area contributed by atoms with E-state index in [0.717, 1.165) is 28.8 Å². The van der Waals surface area contributed by atoms with Crippen LogP contribution in [-0.4, -0.2) is 18.4 Å². The summed E-state index contributed by atoms with van der Waals surface area (Å²) >= 11 is 0. The van der Waals surface area contributed by atoms with Gasteiger partial charge in [-0.2, -0.15) is 0 Å². The van der Waals surface area contributed by atoms with E-state index < -0.39 is 6.04 Å². The van der Waals surface area contributed by atoms with Crippen LogP contribution in [0.4, 0.5) is 5.69 Å². The predicted octanol–water partition coefficient (Wildman–Crippen LogP) is 2.87. The highest BCUT2D eigenvalue weighted by Crippen LogP contribution is 2.40. The standard InChI is InChI=1S/C17H24N2O2/c1-10(2)8-9-19-16-12(4)7-6-11(3)14(16)15(17(19)21)18-13(5)20/h6-7,10,15H,8-9H2,1-5H3,(H,18,20)/t15-/m1/s1. The van der Waals surface area contributed by atoms with Crippen LogP contribution >= 0.6 is 0 Å². The fraction of sp³-hybridized carbons (Fsp3) is 0.529. The summed E-state index contributed by atoms with van der Waals surface area (Å²) in [5.41, 5.74) is 4.08. The lowest BCUT2D eigenvalue weighted by Gasteiger charge is -2.20. The number of nitrogens with zero attached hydrogens (tertiary/aromatic N) is 1. The molecule has 2 rings (SSSR count). The van der Waals surface area contributed by atoms with Gasteiger partial charge in [-0.05, 0) is 37.3 Å². The van der Waals surface area contributed by atoms with Gasteiger partial charge < -0.3 is 10.2 Å². The minimum absolute atomic E-state index is 0.0155. The van der Waals surface area contributed by atoms with Crippen LogP contribution in [0.2, 0.25) is 0 Å². The zero-order valence-corrected chi connectivity index (χ0v) is 13.5. The second-order valence-electron chi connectivity index (χ2n) is 6.27. The predicted molar refractivity (Wildman–Crippen MR) is 84.3 cm³/mol. The first kappa shape index (κ1) is 15.5. The van der Waals surface area contributed by atoms with Crippen LogP contribution in [0.1, 0.15) is 49.9 Å². The van der Waals surface area contributed by atoms with Crippen molar-refractivity contribution in [2.45, 2.75) is 47.1 Å². The second-order valence-corrected chi connectivity index (χ2v) is 6.27. The fourth-order valence-electron chi connectivity index (χ4n) is 2.88. The summed E-state index contributed by atoms with van der Waals surface area (Å²) in [6, 6.07) is 3.52. The van der Waals surface area contributed by atoms with Gasteiger partial charge >= 0.3 is 0 Å². The summed E-state index contributed by atoms with van der Waals surface area (Å²) in [4.78, 5) is 26.0. The Hall–Kier alpha value is -1.84. The van der Waals surface area contributed by atoms with Crippen molar-refractivity contribution in [2.75, 3.05) is 11.4 Å². The molecule has 1 N–H and O–H groups in total. The minimum Gasteiger partial charge on any atom is -0.341 e. The first-order chi connectivity index (χ1) is 9.82. The number of carbonyl (C=O) groups is 2. The maximum absolute atomic E-state index is 12.7. The lowest BCUT2D eigenvalue weighted by atomic mass is 9.99. The Kier molecular flexibility index (Phi) is 4.35. The van der Waals surface area contributed by atoms with Crippen molar-refractivity contribution in [1.82, 2.24) is 5.32 Å². The third-order valence-electron chi connectivity index (χ3n) is 3.99. The Balaban J connectivity index is 2.45. The Morgan fingerprint density at radius 1 is 1.29 bits per heavy atom. The second kappa shape index (κ2) is 5.88. The fourth-order valence-corrected chi connectivity index (χ4v) is 2.88. The zero-order valence-electron chi connectivity index (χ0n) is 13.5. The molecule has 114 valence electrons. The van der Waals surface area contributed by atoms with Crippen molar-refractivity contribution >= 4 is 17.5 Å². The number of anilines is 1. The first-order valence-corrected chi connectivity index (χ1v) is 7.51. The monoisotopic (exact) mass is 288 g/mol. The van der Waals surface area contributed by atoms with Gasteiger partial charge in [0.2, 0.25) is 5.91 Å². The number of rotatable bonds is 4. The van der Waals surface area contributed by atoms with Gasteiger partial charge in [0.15, 0.2) is 0 Å². The Labute approximate surface area is 126 Å². The van der Waals surface area contributed by atoms with E-state index in [2.05, 4.69) is 19.2 Å². The summed E-state index contributed by atoms with van der Waals surface area (Å²) in [5.74, 6) is 0.343. The average molecular weight is 288 g/mol. The van der Waals surface area contributed by atoms with E-state index in [9.17, 15) is 9.59 Å². The van der Waals surface area contributed by atoms with E-state index in [1.165, 1.54) is 6.92 Å². The molecule has 2 amide bonds. The number of nitrogens with one attached hydrogen (secondary N) is 1. The highest BCUT2D eigenvalue weighted by atomic mass is 16.2. The molecule has 0 unspecified atom stereocenters. The van der Waals surface area contributed by atoms with Crippen molar-refractivity contribution in [2.24, 2.45) is 5.92 Å². The third-order valence-corrected chi connectivity index (χ3v) is 3.99. The van der Waals surface area contributed by atoms with Gasteiger partial charge in [-0.25, -0.2) is 0 Å². The summed E-state index contributed by atoms with van der Waals surface area (Å²) in [6.07, 6.45) is 0.950. The van der Waals surface area contributed by atoms with Crippen molar-refractivity contribution in [3.05, 3.63) is 28.8 Å². The molecule has 1 aliphatic heterocycles. The molecule has 0 saturated heterocycles. The average Bonchev–Trinajstić information content (AvgIpc) is 2.66. The van der Waals surface area contributed by atoms with E-state index in [-0.39, 0.29) is 11.8 Å². The van der Waals surface area contributed by atoms with E-state index >= 15 is 0 Å². The number of amides is 2. The van der Waals surface area contributed by atoms with Crippen LogP contribution in [-0.2, 0) is 9.59 Å². The largest absolute Gasteiger partial charge is 0.341 e. The number of fused-ring (bicyclic) bond motifs is 1. The smallest absolute Gasteiger partial charge is 0.254 e. The molecular weight excluding hydrogens is 264 g/mol. The summed E-state index contributed by atoms with van der Waals surface area (Å²) in [7, 11) is 0. The van der Waals surface area contributed by atoms with Crippen LogP contribution in [0.5, 0.6) is 0 Å². The first-order valence-electron chi connectivity index (χ1n) is 7.51. The molecule has 1 aromatic rings.